The van der Waals surface area contributed by atoms with Crippen LogP contribution in [0.15, 0.2) is 24.5 Å². The van der Waals surface area contributed by atoms with Gasteiger partial charge in [-0.05, 0) is 57.0 Å². The highest BCUT2D eigenvalue weighted by Crippen LogP contribution is 2.42. The predicted octanol–water partition coefficient (Wildman–Crippen LogP) is 1.61. The lowest BCUT2D eigenvalue weighted by Crippen LogP contribution is -2.48. The fraction of sp³-hybridized carbons (Fsp3) is 0.615. The Morgan fingerprint density at radius 1 is 1.44 bits per heavy atom. The maximum Gasteiger partial charge on any atom is 0.0331 e. The molecule has 1 aromatic heterocycles. The second-order valence-corrected chi connectivity index (χ2v) is 5.04. The molecule has 1 fully saturated rings. The lowest BCUT2D eigenvalue weighted by atomic mass is 9.92. The van der Waals surface area contributed by atoms with Crippen LogP contribution < -0.4 is 5.73 Å². The smallest absolute Gasteiger partial charge is 0.0331 e. The van der Waals surface area contributed by atoms with Gasteiger partial charge >= 0.3 is 0 Å². The molecule has 88 valence electrons. The summed E-state index contributed by atoms with van der Waals surface area (Å²) in [5.74, 6) is 0.647. The van der Waals surface area contributed by atoms with Gasteiger partial charge < -0.3 is 10.6 Å². The Kier molecular flexibility index (Phi) is 3.26. The molecule has 2 N–H and O–H groups in total. The molecule has 2 rings (SSSR count). The summed E-state index contributed by atoms with van der Waals surface area (Å²) in [4.78, 5) is 6.37. The maximum absolute atomic E-state index is 5.96. The fourth-order valence-electron chi connectivity index (χ4n) is 2.80. The van der Waals surface area contributed by atoms with Crippen molar-refractivity contribution >= 4 is 0 Å². The van der Waals surface area contributed by atoms with Crippen LogP contribution in [0, 0.1) is 0 Å². The zero-order chi connectivity index (χ0) is 11.6. The highest BCUT2D eigenvalue weighted by molar-refractivity contribution is 5.20. The number of nitrogens with two attached hydrogens (primary N) is 1. The molecule has 3 nitrogen and oxygen atoms in total. The van der Waals surface area contributed by atoms with Gasteiger partial charge in [-0.15, -0.1) is 0 Å². The summed E-state index contributed by atoms with van der Waals surface area (Å²) in [6.07, 6.45) is 7.37. The molecule has 1 aromatic rings. The van der Waals surface area contributed by atoms with E-state index in [4.69, 9.17) is 5.73 Å². The molecule has 0 bridgehead atoms. The number of hydrogen-bond acceptors (Lipinski definition) is 3. The predicted molar refractivity (Wildman–Crippen MR) is 66.3 cm³/mol. The van der Waals surface area contributed by atoms with Crippen LogP contribution in [-0.4, -0.2) is 36.1 Å². The Hall–Kier alpha value is -0.930. The van der Waals surface area contributed by atoms with Gasteiger partial charge in [0.15, 0.2) is 0 Å². The normalized spacial score (nSPS) is 29.9. The first kappa shape index (κ1) is 11.6. The van der Waals surface area contributed by atoms with Crippen molar-refractivity contribution in [3.8, 4) is 0 Å². The third kappa shape index (κ3) is 1.97. The molecule has 1 aliphatic rings. The van der Waals surface area contributed by atoms with Gasteiger partial charge in [0.05, 0.1) is 0 Å². The Morgan fingerprint density at radius 3 is 2.62 bits per heavy atom. The molecule has 1 saturated carbocycles. The molecule has 1 heterocycles. The van der Waals surface area contributed by atoms with Crippen molar-refractivity contribution < 1.29 is 0 Å². The minimum absolute atomic E-state index is 0.202. The molecule has 0 radical (unpaired) electrons. The summed E-state index contributed by atoms with van der Waals surface area (Å²) in [6.45, 7) is 0.752. The van der Waals surface area contributed by atoms with Crippen LogP contribution >= 0.6 is 0 Å². The number of hydrogen-bond donors (Lipinski definition) is 1. The summed E-state index contributed by atoms with van der Waals surface area (Å²) in [7, 11) is 4.28. The first-order chi connectivity index (χ1) is 7.68. The average molecular weight is 219 g/mol. The summed E-state index contributed by atoms with van der Waals surface area (Å²) < 4.78 is 0. The largest absolute Gasteiger partial charge is 0.329 e. The number of nitrogens with zero attached hydrogens (tertiary/aromatic N) is 2. The van der Waals surface area contributed by atoms with E-state index in [1.54, 1.807) is 0 Å². The van der Waals surface area contributed by atoms with Gasteiger partial charge in [0.2, 0.25) is 0 Å². The van der Waals surface area contributed by atoms with Crippen molar-refractivity contribution in [1.82, 2.24) is 9.88 Å². The molecule has 0 spiro atoms. The van der Waals surface area contributed by atoms with E-state index in [-0.39, 0.29) is 5.54 Å². The van der Waals surface area contributed by atoms with E-state index < -0.39 is 0 Å². The fourth-order valence-corrected chi connectivity index (χ4v) is 2.80. The van der Waals surface area contributed by atoms with Crippen LogP contribution in [0.1, 0.15) is 30.7 Å². The van der Waals surface area contributed by atoms with Gasteiger partial charge in [0.25, 0.3) is 0 Å². The first-order valence-corrected chi connectivity index (χ1v) is 5.95. The number of aromatic nitrogens is 1. The Morgan fingerprint density at radius 2 is 2.12 bits per heavy atom. The van der Waals surface area contributed by atoms with E-state index in [0.717, 1.165) is 6.54 Å². The van der Waals surface area contributed by atoms with Gasteiger partial charge in [0, 0.05) is 24.5 Å². The Bertz CT molecular complexity index is 336. The van der Waals surface area contributed by atoms with Crippen molar-refractivity contribution in [3.63, 3.8) is 0 Å². The first-order valence-electron chi connectivity index (χ1n) is 5.95. The molecule has 0 aliphatic heterocycles. The molecular weight excluding hydrogens is 198 g/mol. The lowest BCUT2D eigenvalue weighted by molar-refractivity contribution is 0.165. The summed E-state index contributed by atoms with van der Waals surface area (Å²) in [5, 5.41) is 0. The number of likely N-dealkylation sites (N-methyl/N-ethyl adjacent to an activating group) is 1. The van der Waals surface area contributed by atoms with E-state index in [9.17, 15) is 0 Å². The summed E-state index contributed by atoms with van der Waals surface area (Å²) in [6, 6.07) is 4.26. The number of rotatable bonds is 3. The van der Waals surface area contributed by atoms with Gasteiger partial charge in [-0.2, -0.15) is 0 Å². The minimum Gasteiger partial charge on any atom is -0.329 e. The SMILES string of the molecule is CN(C)C1(CN)CCC(c2ccncc2)C1. The van der Waals surface area contributed by atoms with Gasteiger partial charge in [-0.1, -0.05) is 0 Å². The molecule has 16 heavy (non-hydrogen) atoms. The van der Waals surface area contributed by atoms with Crippen molar-refractivity contribution in [3.05, 3.63) is 30.1 Å². The Balaban J connectivity index is 2.14. The molecule has 3 heteroatoms. The van der Waals surface area contributed by atoms with E-state index in [1.165, 1.54) is 24.8 Å². The minimum atomic E-state index is 0.202. The highest BCUT2D eigenvalue weighted by Gasteiger charge is 2.40. The molecule has 1 aliphatic carbocycles. The van der Waals surface area contributed by atoms with Crippen molar-refractivity contribution in [2.24, 2.45) is 5.73 Å². The molecule has 0 aromatic carbocycles. The standard InChI is InChI=1S/C13H21N3/c1-16(2)13(10-14)6-3-12(9-13)11-4-7-15-8-5-11/h4-5,7-8,12H,3,6,9-10,14H2,1-2H3. The van der Waals surface area contributed by atoms with E-state index >= 15 is 0 Å². The van der Waals surface area contributed by atoms with E-state index in [1.807, 2.05) is 12.4 Å². The third-order valence-corrected chi connectivity index (χ3v) is 4.09. The van der Waals surface area contributed by atoms with Crippen molar-refractivity contribution in [2.75, 3.05) is 20.6 Å². The van der Waals surface area contributed by atoms with E-state index in [0.29, 0.717) is 5.92 Å². The number of pyridine rings is 1. The third-order valence-electron chi connectivity index (χ3n) is 4.09. The highest BCUT2D eigenvalue weighted by atomic mass is 15.2. The average Bonchev–Trinajstić information content (AvgIpc) is 2.76. The zero-order valence-corrected chi connectivity index (χ0v) is 10.2. The van der Waals surface area contributed by atoms with Crippen molar-refractivity contribution in [2.45, 2.75) is 30.7 Å². The second kappa shape index (κ2) is 4.52. The maximum atomic E-state index is 5.96. The lowest BCUT2D eigenvalue weighted by Gasteiger charge is -2.35. The van der Waals surface area contributed by atoms with E-state index in [2.05, 4.69) is 36.1 Å². The summed E-state index contributed by atoms with van der Waals surface area (Å²) >= 11 is 0. The van der Waals surface area contributed by atoms with Crippen LogP contribution in [0.25, 0.3) is 0 Å². The van der Waals surface area contributed by atoms with Gasteiger partial charge in [0.1, 0.15) is 0 Å². The molecule has 2 unspecified atom stereocenters. The second-order valence-electron chi connectivity index (χ2n) is 5.04. The quantitative estimate of drug-likeness (QED) is 0.839. The van der Waals surface area contributed by atoms with Crippen LogP contribution in [0.2, 0.25) is 0 Å². The van der Waals surface area contributed by atoms with Gasteiger partial charge in [-0.3, -0.25) is 4.98 Å². The molecular formula is C13H21N3. The van der Waals surface area contributed by atoms with Gasteiger partial charge in [-0.25, -0.2) is 0 Å². The summed E-state index contributed by atoms with van der Waals surface area (Å²) in [5.41, 5.74) is 7.57. The van der Waals surface area contributed by atoms with Crippen LogP contribution in [0.5, 0.6) is 0 Å². The molecule has 0 saturated heterocycles. The monoisotopic (exact) mass is 219 g/mol. The Labute approximate surface area is 97.7 Å². The topological polar surface area (TPSA) is 42.1 Å². The van der Waals surface area contributed by atoms with Crippen molar-refractivity contribution in [1.29, 1.82) is 0 Å². The van der Waals surface area contributed by atoms with Crippen LogP contribution in [0.4, 0.5) is 0 Å². The van der Waals surface area contributed by atoms with Crippen LogP contribution in [0.3, 0.4) is 0 Å². The molecule has 2 atom stereocenters. The zero-order valence-electron chi connectivity index (χ0n) is 10.2. The van der Waals surface area contributed by atoms with Crippen LogP contribution in [-0.2, 0) is 0 Å². The molecule has 0 amide bonds.